The molecule has 0 fully saturated rings. The first-order valence-corrected chi connectivity index (χ1v) is 9.39. The number of hydrogen-bond donors (Lipinski definition) is 1. The zero-order valence-corrected chi connectivity index (χ0v) is 14.7. The Hall–Kier alpha value is -2.80. The van der Waals surface area contributed by atoms with Crippen molar-refractivity contribution in [2.24, 2.45) is 0 Å². The summed E-state index contributed by atoms with van der Waals surface area (Å²) in [6.45, 7) is 0. The average molecular weight is 370 g/mol. The molecule has 0 aliphatic rings. The largest absolute Gasteiger partial charge is 0.464 e. The Morgan fingerprint density at radius 2 is 2.15 bits per heavy atom. The van der Waals surface area contributed by atoms with E-state index in [-0.39, 0.29) is 0 Å². The van der Waals surface area contributed by atoms with Crippen LogP contribution in [0.25, 0.3) is 33.1 Å². The van der Waals surface area contributed by atoms with Gasteiger partial charge < -0.3 is 9.52 Å². The highest BCUT2D eigenvalue weighted by Gasteiger charge is 2.16. The van der Waals surface area contributed by atoms with Crippen LogP contribution in [-0.2, 0) is 6.42 Å². The van der Waals surface area contributed by atoms with Gasteiger partial charge in [-0.25, -0.2) is 14.2 Å². The van der Waals surface area contributed by atoms with Crippen molar-refractivity contribution in [3.63, 3.8) is 0 Å². The summed E-state index contributed by atoms with van der Waals surface area (Å²) in [5.41, 5.74) is 3.24. The standard InChI is InChI=1S/C19H15FN2O3S/c1-26-7-6-18-21-15-8-11(2-5-17(15)25-18)14-10-22(19(23)24)16-9-12(20)3-4-13(14)16/h2-5,8-10H,6-7H2,1H3,(H,23,24). The third-order valence-electron chi connectivity index (χ3n) is 4.24. The second-order valence-corrected chi connectivity index (χ2v) is 6.88. The van der Waals surface area contributed by atoms with Crippen molar-refractivity contribution in [3.8, 4) is 11.1 Å². The highest BCUT2D eigenvalue weighted by molar-refractivity contribution is 7.98. The molecule has 0 aliphatic carbocycles. The Bertz CT molecular complexity index is 1130. The van der Waals surface area contributed by atoms with Gasteiger partial charge in [0.25, 0.3) is 0 Å². The Balaban J connectivity index is 1.85. The van der Waals surface area contributed by atoms with E-state index < -0.39 is 11.9 Å². The molecule has 0 amide bonds. The fraction of sp³-hybridized carbons (Fsp3) is 0.158. The highest BCUT2D eigenvalue weighted by atomic mass is 32.2. The molecule has 0 aliphatic heterocycles. The number of halogens is 1. The predicted molar refractivity (Wildman–Crippen MR) is 100 cm³/mol. The average Bonchev–Trinajstić information content (AvgIpc) is 3.19. The van der Waals surface area contributed by atoms with E-state index >= 15 is 0 Å². The van der Waals surface area contributed by atoms with Crippen molar-refractivity contribution in [2.75, 3.05) is 12.0 Å². The number of benzene rings is 2. The molecule has 132 valence electrons. The lowest BCUT2D eigenvalue weighted by molar-refractivity contribution is 0.197. The summed E-state index contributed by atoms with van der Waals surface area (Å²) in [5.74, 6) is 1.13. The molecule has 5 nitrogen and oxygen atoms in total. The first-order valence-electron chi connectivity index (χ1n) is 7.99. The number of aryl methyl sites for hydroxylation is 1. The van der Waals surface area contributed by atoms with Crippen molar-refractivity contribution < 1.29 is 18.7 Å². The molecule has 2 aromatic carbocycles. The fourth-order valence-electron chi connectivity index (χ4n) is 3.03. The number of aromatic nitrogens is 2. The van der Waals surface area contributed by atoms with Gasteiger partial charge in [0.05, 0.1) is 5.52 Å². The molecule has 0 atom stereocenters. The molecule has 2 aromatic heterocycles. The van der Waals surface area contributed by atoms with Gasteiger partial charge in [-0.1, -0.05) is 6.07 Å². The molecular formula is C19H15FN2O3S. The van der Waals surface area contributed by atoms with E-state index in [9.17, 15) is 14.3 Å². The number of fused-ring (bicyclic) bond motifs is 2. The van der Waals surface area contributed by atoms with Crippen LogP contribution < -0.4 is 0 Å². The molecule has 0 saturated heterocycles. The van der Waals surface area contributed by atoms with Gasteiger partial charge in [-0.2, -0.15) is 11.8 Å². The van der Waals surface area contributed by atoms with Gasteiger partial charge in [-0.3, -0.25) is 4.57 Å². The zero-order valence-electron chi connectivity index (χ0n) is 13.9. The van der Waals surface area contributed by atoms with Crippen molar-refractivity contribution in [2.45, 2.75) is 6.42 Å². The summed E-state index contributed by atoms with van der Waals surface area (Å²) in [4.78, 5) is 16.0. The van der Waals surface area contributed by atoms with Gasteiger partial charge in [0, 0.05) is 29.3 Å². The number of oxazole rings is 1. The van der Waals surface area contributed by atoms with Gasteiger partial charge >= 0.3 is 6.09 Å². The lowest BCUT2D eigenvalue weighted by Gasteiger charge is -1.99. The van der Waals surface area contributed by atoms with E-state index in [2.05, 4.69) is 4.98 Å². The van der Waals surface area contributed by atoms with Crippen LogP contribution in [0.4, 0.5) is 9.18 Å². The third-order valence-corrected chi connectivity index (χ3v) is 4.85. The number of nitrogens with zero attached hydrogens (tertiary/aromatic N) is 2. The molecule has 7 heteroatoms. The van der Waals surface area contributed by atoms with Crippen molar-refractivity contribution in [3.05, 3.63) is 54.3 Å². The molecule has 0 unspecified atom stereocenters. The topological polar surface area (TPSA) is 68.3 Å². The van der Waals surface area contributed by atoms with Crippen LogP contribution in [0.3, 0.4) is 0 Å². The van der Waals surface area contributed by atoms with Gasteiger partial charge in [-0.15, -0.1) is 0 Å². The van der Waals surface area contributed by atoms with Crippen LogP contribution in [0.15, 0.2) is 47.0 Å². The molecule has 1 N–H and O–H groups in total. The van der Waals surface area contributed by atoms with Crippen LogP contribution >= 0.6 is 11.8 Å². The molecule has 0 saturated carbocycles. The lowest BCUT2D eigenvalue weighted by atomic mass is 10.0. The van der Waals surface area contributed by atoms with Gasteiger partial charge in [0.2, 0.25) is 0 Å². The maximum absolute atomic E-state index is 13.6. The van der Waals surface area contributed by atoms with Crippen LogP contribution in [0.1, 0.15) is 5.89 Å². The second kappa shape index (κ2) is 6.49. The van der Waals surface area contributed by atoms with Crippen LogP contribution in [0.5, 0.6) is 0 Å². The maximum atomic E-state index is 13.6. The molecular weight excluding hydrogens is 355 g/mol. The lowest BCUT2D eigenvalue weighted by Crippen LogP contribution is -2.05. The summed E-state index contributed by atoms with van der Waals surface area (Å²) in [6, 6.07) is 9.70. The van der Waals surface area contributed by atoms with Gasteiger partial charge in [-0.05, 0) is 42.2 Å². The van der Waals surface area contributed by atoms with E-state index in [1.165, 1.54) is 18.3 Å². The van der Waals surface area contributed by atoms with Crippen molar-refractivity contribution >= 4 is 39.9 Å². The van der Waals surface area contributed by atoms with E-state index in [0.29, 0.717) is 27.9 Å². The SMILES string of the molecule is CSCCc1nc2cc(-c3cn(C(=O)O)c4cc(F)ccc34)ccc2o1. The Labute approximate surface area is 152 Å². The first-order chi connectivity index (χ1) is 12.6. The minimum Gasteiger partial charge on any atom is -0.464 e. The van der Waals surface area contributed by atoms with Crippen LogP contribution in [0, 0.1) is 5.82 Å². The zero-order chi connectivity index (χ0) is 18.3. The van der Waals surface area contributed by atoms with E-state index in [1.807, 2.05) is 24.5 Å². The normalized spacial score (nSPS) is 11.5. The fourth-order valence-corrected chi connectivity index (χ4v) is 3.41. The minimum atomic E-state index is -1.16. The Morgan fingerprint density at radius 3 is 2.92 bits per heavy atom. The number of carbonyl (C=O) groups is 1. The second-order valence-electron chi connectivity index (χ2n) is 5.89. The van der Waals surface area contributed by atoms with Crippen LogP contribution in [-0.4, -0.2) is 32.8 Å². The number of carboxylic acid groups (broad SMARTS) is 1. The quantitative estimate of drug-likeness (QED) is 0.546. The summed E-state index contributed by atoms with van der Waals surface area (Å²) in [5, 5.41) is 10.1. The molecule has 0 radical (unpaired) electrons. The molecule has 26 heavy (non-hydrogen) atoms. The van der Waals surface area contributed by atoms with E-state index in [0.717, 1.165) is 27.8 Å². The molecule has 0 bridgehead atoms. The molecule has 4 rings (SSSR count). The molecule has 4 aromatic rings. The Morgan fingerprint density at radius 1 is 1.31 bits per heavy atom. The first kappa shape index (κ1) is 16.7. The van der Waals surface area contributed by atoms with Gasteiger partial charge in [0.15, 0.2) is 11.5 Å². The molecule has 2 heterocycles. The van der Waals surface area contributed by atoms with Crippen LogP contribution in [0.2, 0.25) is 0 Å². The summed E-state index contributed by atoms with van der Waals surface area (Å²) < 4.78 is 20.3. The summed E-state index contributed by atoms with van der Waals surface area (Å²) in [6.07, 6.45) is 3.13. The maximum Gasteiger partial charge on any atom is 0.416 e. The summed E-state index contributed by atoms with van der Waals surface area (Å²) in [7, 11) is 0. The van der Waals surface area contributed by atoms with Crippen molar-refractivity contribution in [1.29, 1.82) is 0 Å². The minimum absolute atomic E-state index is 0.313. The predicted octanol–water partition coefficient (Wildman–Crippen LogP) is 5.02. The third kappa shape index (κ3) is 2.84. The number of thioether (sulfide) groups is 1. The summed E-state index contributed by atoms with van der Waals surface area (Å²) >= 11 is 1.73. The highest BCUT2D eigenvalue weighted by Crippen LogP contribution is 2.33. The number of hydrogen-bond acceptors (Lipinski definition) is 4. The number of rotatable bonds is 4. The monoisotopic (exact) mass is 370 g/mol. The smallest absolute Gasteiger partial charge is 0.416 e. The Kier molecular flexibility index (Phi) is 4.16. The van der Waals surface area contributed by atoms with E-state index in [1.54, 1.807) is 17.8 Å². The van der Waals surface area contributed by atoms with E-state index in [4.69, 9.17) is 4.42 Å². The van der Waals surface area contributed by atoms with Crippen molar-refractivity contribution in [1.82, 2.24) is 9.55 Å². The van der Waals surface area contributed by atoms with Gasteiger partial charge in [0.1, 0.15) is 11.3 Å². The molecule has 0 spiro atoms.